The highest BCUT2D eigenvalue weighted by Gasteiger charge is 2.38. The molecule has 0 amide bonds. The molecule has 0 aliphatic carbocycles. The molecular formula is C16H15ClFN2OS+. The first-order valence-electron chi connectivity index (χ1n) is 7.21. The maximum atomic E-state index is 13.0. The summed E-state index contributed by atoms with van der Waals surface area (Å²) < 4.78 is 22.9. The van der Waals surface area contributed by atoms with Crippen LogP contribution in [0.3, 0.4) is 0 Å². The first kappa shape index (κ1) is 14.3. The highest BCUT2D eigenvalue weighted by atomic mass is 35.5. The lowest BCUT2D eigenvalue weighted by Gasteiger charge is -2.40. The fourth-order valence-electron chi connectivity index (χ4n) is 3.02. The smallest absolute Gasteiger partial charge is 0.230 e. The lowest BCUT2D eigenvalue weighted by Crippen LogP contribution is -2.45. The maximum absolute atomic E-state index is 13.0. The van der Waals surface area contributed by atoms with Crippen LogP contribution in [-0.4, -0.2) is 28.4 Å². The molecule has 1 aromatic carbocycles. The molecule has 22 heavy (non-hydrogen) atoms. The molecule has 0 saturated carbocycles. The van der Waals surface area contributed by atoms with Crippen molar-refractivity contribution in [1.29, 1.82) is 0 Å². The van der Waals surface area contributed by atoms with Crippen LogP contribution in [0.25, 0.3) is 0 Å². The van der Waals surface area contributed by atoms with Crippen molar-refractivity contribution < 1.29 is 8.94 Å². The van der Waals surface area contributed by atoms with Crippen molar-refractivity contribution in [3.8, 4) is 0 Å². The average molecular weight is 338 g/mol. The van der Waals surface area contributed by atoms with Crippen molar-refractivity contribution in [2.45, 2.75) is 17.2 Å². The summed E-state index contributed by atoms with van der Waals surface area (Å²) in [5.74, 6) is 1.80. The average Bonchev–Trinajstić information content (AvgIpc) is 2.81. The van der Waals surface area contributed by atoms with Gasteiger partial charge in [-0.05, 0) is 17.7 Å². The summed E-state index contributed by atoms with van der Waals surface area (Å²) in [6, 6.07) is 8.55. The lowest BCUT2D eigenvalue weighted by molar-refractivity contribution is 0.517. The number of pyridine rings is 1. The summed E-state index contributed by atoms with van der Waals surface area (Å²) >= 11 is 5.55. The molecule has 2 aliphatic rings. The second-order valence-corrected chi connectivity index (χ2v) is 7.66. The zero-order chi connectivity index (χ0) is 15.3. The summed E-state index contributed by atoms with van der Waals surface area (Å²) in [4.78, 5) is 7.65. The van der Waals surface area contributed by atoms with E-state index in [0.717, 1.165) is 47.2 Å². The van der Waals surface area contributed by atoms with Gasteiger partial charge in [0.05, 0.1) is 0 Å². The molecule has 2 aromatic rings. The third-order valence-electron chi connectivity index (χ3n) is 4.30. The molecule has 2 aliphatic heterocycles. The van der Waals surface area contributed by atoms with E-state index in [1.165, 1.54) is 12.1 Å². The SMILES string of the molecule is O[S+]1CCc2nc(N3CC(c4ccc(F)cc4)C3)cc(Cl)c21. The molecule has 1 atom stereocenters. The predicted molar refractivity (Wildman–Crippen MR) is 87.4 cm³/mol. The van der Waals surface area contributed by atoms with Crippen LogP contribution in [0.15, 0.2) is 35.2 Å². The van der Waals surface area contributed by atoms with Crippen LogP contribution in [0.1, 0.15) is 17.2 Å². The Kier molecular flexibility index (Phi) is 3.51. The quantitative estimate of drug-likeness (QED) is 0.852. The first-order valence-corrected chi connectivity index (χ1v) is 8.94. The molecule has 1 fully saturated rings. The van der Waals surface area contributed by atoms with Gasteiger partial charge in [-0.15, -0.1) is 0 Å². The minimum absolute atomic E-state index is 0.202. The Labute approximate surface area is 136 Å². The van der Waals surface area contributed by atoms with Crippen LogP contribution < -0.4 is 4.90 Å². The second-order valence-electron chi connectivity index (χ2n) is 5.71. The Balaban J connectivity index is 1.51. The van der Waals surface area contributed by atoms with Gasteiger partial charge in [-0.2, -0.15) is 4.55 Å². The summed E-state index contributed by atoms with van der Waals surface area (Å²) in [6.45, 7) is 1.72. The van der Waals surface area contributed by atoms with Gasteiger partial charge in [-0.25, -0.2) is 9.37 Å². The normalized spacial score (nSPS) is 20.9. The van der Waals surface area contributed by atoms with E-state index >= 15 is 0 Å². The van der Waals surface area contributed by atoms with Crippen LogP contribution >= 0.6 is 11.6 Å². The number of fused-ring (bicyclic) bond motifs is 1. The lowest BCUT2D eigenvalue weighted by atomic mass is 9.91. The molecular weight excluding hydrogens is 323 g/mol. The molecule has 0 spiro atoms. The van der Waals surface area contributed by atoms with E-state index in [9.17, 15) is 8.94 Å². The highest BCUT2D eigenvalue weighted by molar-refractivity contribution is 7.92. The van der Waals surface area contributed by atoms with Gasteiger partial charge >= 0.3 is 0 Å². The summed E-state index contributed by atoms with van der Waals surface area (Å²) in [7, 11) is 0. The van der Waals surface area contributed by atoms with Crippen LogP contribution in [0.4, 0.5) is 10.2 Å². The Morgan fingerprint density at radius 2 is 2.00 bits per heavy atom. The summed E-state index contributed by atoms with van der Waals surface area (Å²) in [5, 5.41) is 0.619. The Morgan fingerprint density at radius 3 is 2.73 bits per heavy atom. The van der Waals surface area contributed by atoms with Crippen molar-refractivity contribution in [3.05, 3.63) is 52.4 Å². The van der Waals surface area contributed by atoms with E-state index in [4.69, 9.17) is 11.6 Å². The van der Waals surface area contributed by atoms with Gasteiger partial charge in [0.1, 0.15) is 22.4 Å². The van der Waals surface area contributed by atoms with Crippen molar-refractivity contribution in [2.75, 3.05) is 23.7 Å². The van der Waals surface area contributed by atoms with E-state index in [1.54, 1.807) is 0 Å². The number of halogens is 2. The zero-order valence-corrected chi connectivity index (χ0v) is 13.4. The van der Waals surface area contributed by atoms with Gasteiger partial charge in [0, 0.05) is 31.5 Å². The molecule has 3 heterocycles. The number of nitrogens with zero attached hydrogens (tertiary/aromatic N) is 2. The molecule has 3 nitrogen and oxygen atoms in total. The van der Waals surface area contributed by atoms with Crippen LogP contribution in [0, 0.1) is 5.82 Å². The number of benzene rings is 1. The van der Waals surface area contributed by atoms with Crippen molar-refractivity contribution in [3.63, 3.8) is 0 Å². The molecule has 1 N–H and O–H groups in total. The highest BCUT2D eigenvalue weighted by Crippen LogP contribution is 2.37. The third-order valence-corrected chi connectivity index (χ3v) is 6.23. The monoisotopic (exact) mass is 337 g/mol. The number of hydrogen-bond acceptors (Lipinski definition) is 3. The van der Waals surface area contributed by atoms with Crippen molar-refractivity contribution in [2.24, 2.45) is 0 Å². The molecule has 0 bridgehead atoms. The van der Waals surface area contributed by atoms with E-state index in [1.807, 2.05) is 18.2 Å². The van der Waals surface area contributed by atoms with Crippen molar-refractivity contribution in [1.82, 2.24) is 4.98 Å². The van der Waals surface area contributed by atoms with E-state index < -0.39 is 11.2 Å². The Morgan fingerprint density at radius 1 is 1.27 bits per heavy atom. The van der Waals surface area contributed by atoms with Gasteiger partial charge in [0.25, 0.3) is 0 Å². The topological polar surface area (TPSA) is 36.4 Å². The number of hydrogen-bond donors (Lipinski definition) is 1. The fraction of sp³-hybridized carbons (Fsp3) is 0.312. The Hall–Kier alpha value is -1.30. The standard InChI is InChI=1S/C16H15ClFN2OS/c17-13-7-15(19-14-5-6-22(21)16(13)14)20-8-11(9-20)10-1-3-12(18)4-2-10/h1-4,7,11,21H,5-6,8-9H2/q+1. The van der Waals surface area contributed by atoms with Crippen LogP contribution in [0.5, 0.6) is 0 Å². The van der Waals surface area contributed by atoms with E-state index in [0.29, 0.717) is 10.9 Å². The molecule has 1 unspecified atom stereocenters. The summed E-state index contributed by atoms with van der Waals surface area (Å²) in [6.07, 6.45) is 0.789. The number of rotatable bonds is 2. The second kappa shape index (κ2) is 5.41. The molecule has 114 valence electrons. The molecule has 1 saturated heterocycles. The Bertz CT molecular complexity index is 719. The van der Waals surface area contributed by atoms with Gasteiger partial charge in [-0.3, -0.25) is 0 Å². The molecule has 1 aromatic heterocycles. The first-order chi connectivity index (χ1) is 10.6. The predicted octanol–water partition coefficient (Wildman–Crippen LogP) is 3.48. The van der Waals surface area contributed by atoms with E-state index in [-0.39, 0.29) is 5.82 Å². The minimum atomic E-state index is -0.752. The van der Waals surface area contributed by atoms with Gasteiger partial charge < -0.3 is 4.90 Å². The fourth-order valence-corrected chi connectivity index (χ4v) is 4.79. The maximum Gasteiger partial charge on any atom is 0.230 e. The van der Waals surface area contributed by atoms with Gasteiger partial charge in [0.2, 0.25) is 4.90 Å². The number of aryl methyl sites for hydroxylation is 1. The van der Waals surface area contributed by atoms with Crippen LogP contribution in [0.2, 0.25) is 5.02 Å². The van der Waals surface area contributed by atoms with Crippen LogP contribution in [-0.2, 0) is 17.6 Å². The molecule has 0 radical (unpaired) electrons. The largest absolute Gasteiger partial charge is 0.355 e. The minimum Gasteiger partial charge on any atom is -0.355 e. The molecule has 4 rings (SSSR count). The molecule has 6 heteroatoms. The number of aromatic nitrogens is 1. The van der Waals surface area contributed by atoms with Gasteiger partial charge in [0.15, 0.2) is 16.9 Å². The number of anilines is 1. The zero-order valence-electron chi connectivity index (χ0n) is 11.8. The third kappa shape index (κ3) is 2.37. The van der Waals surface area contributed by atoms with E-state index in [2.05, 4.69) is 9.88 Å². The van der Waals surface area contributed by atoms with Crippen molar-refractivity contribution >= 4 is 28.6 Å². The van der Waals surface area contributed by atoms with Gasteiger partial charge in [-0.1, -0.05) is 23.7 Å². The summed E-state index contributed by atoms with van der Waals surface area (Å²) in [5.41, 5.74) is 2.08.